The molecular weight excluding hydrogens is 456 g/mol. The molecule has 0 saturated heterocycles. The summed E-state index contributed by atoms with van der Waals surface area (Å²) >= 11 is 6.95. The van der Waals surface area contributed by atoms with Crippen LogP contribution < -0.4 is 15.4 Å². The van der Waals surface area contributed by atoms with Crippen LogP contribution in [0.25, 0.3) is 0 Å². The van der Waals surface area contributed by atoms with Gasteiger partial charge in [0.1, 0.15) is 10.8 Å². The Bertz CT molecular complexity index is 1050. The summed E-state index contributed by atoms with van der Waals surface area (Å²) in [6.45, 7) is 8.93. The number of thiocarbonyl (C=S) groups is 1. The van der Waals surface area contributed by atoms with Crippen molar-refractivity contribution in [2.24, 2.45) is 11.3 Å². The molecule has 2 N–H and O–H groups in total. The minimum atomic E-state index is -0.381. The first kappa shape index (κ1) is 25.2. The van der Waals surface area contributed by atoms with E-state index in [0.717, 1.165) is 31.2 Å². The van der Waals surface area contributed by atoms with Crippen LogP contribution in [0.4, 0.5) is 5.00 Å². The van der Waals surface area contributed by atoms with Gasteiger partial charge in [0.05, 0.1) is 24.8 Å². The zero-order valence-corrected chi connectivity index (χ0v) is 21.5. The summed E-state index contributed by atoms with van der Waals surface area (Å²) in [4.78, 5) is 26.8. The minimum Gasteiger partial charge on any atom is -0.496 e. The lowest BCUT2D eigenvalue weighted by Crippen LogP contribution is -2.34. The second-order valence-electron chi connectivity index (χ2n) is 8.82. The van der Waals surface area contributed by atoms with Gasteiger partial charge in [-0.15, -0.1) is 11.3 Å². The normalized spacial score (nSPS) is 15.4. The van der Waals surface area contributed by atoms with Crippen LogP contribution in [0.2, 0.25) is 0 Å². The summed E-state index contributed by atoms with van der Waals surface area (Å²) < 4.78 is 10.6. The van der Waals surface area contributed by atoms with Crippen LogP contribution in [-0.4, -0.2) is 30.7 Å². The Morgan fingerprint density at radius 3 is 2.64 bits per heavy atom. The molecule has 1 aliphatic rings. The number of esters is 1. The van der Waals surface area contributed by atoms with E-state index in [0.29, 0.717) is 34.4 Å². The fraction of sp³-hybridized carbons (Fsp3) is 0.480. The monoisotopic (exact) mass is 488 g/mol. The molecule has 0 saturated carbocycles. The van der Waals surface area contributed by atoms with Gasteiger partial charge in [0, 0.05) is 4.88 Å². The van der Waals surface area contributed by atoms with Crippen LogP contribution >= 0.6 is 23.6 Å². The summed E-state index contributed by atoms with van der Waals surface area (Å²) in [6, 6.07) is 6.93. The van der Waals surface area contributed by atoms with Crippen molar-refractivity contribution >= 4 is 45.5 Å². The van der Waals surface area contributed by atoms with E-state index < -0.39 is 0 Å². The standard InChI is InChI=1S/C25H32N2O4S2/c1-6-25(3,4)15-12-13-17-19(14-15)33-22(20(17)23(29)31-7-2)27-24(32)26-21(28)16-10-8-9-11-18(16)30-5/h8-11,15H,6-7,12-14H2,1-5H3,(H2,26,27,28,32)/t15-/m1/s1. The number of carbonyl (C=O) groups excluding carboxylic acids is 2. The van der Waals surface area contributed by atoms with E-state index in [1.807, 2.05) is 0 Å². The number of nitrogens with one attached hydrogen (secondary N) is 2. The largest absolute Gasteiger partial charge is 0.496 e. The number of carbonyl (C=O) groups is 2. The first-order valence-corrected chi connectivity index (χ1v) is 12.5. The Labute approximate surface area is 205 Å². The molecule has 1 aromatic carbocycles. The number of amides is 1. The lowest BCUT2D eigenvalue weighted by molar-refractivity contribution is 0.0526. The minimum absolute atomic E-state index is 0.125. The number of anilines is 1. The molecule has 0 unspecified atom stereocenters. The predicted molar refractivity (Wildman–Crippen MR) is 137 cm³/mol. The van der Waals surface area contributed by atoms with Crippen molar-refractivity contribution in [3.05, 3.63) is 45.8 Å². The molecule has 1 aromatic heterocycles. The molecule has 0 fully saturated rings. The van der Waals surface area contributed by atoms with Gasteiger partial charge in [-0.3, -0.25) is 10.1 Å². The topological polar surface area (TPSA) is 76.7 Å². The molecule has 178 valence electrons. The number of fused-ring (bicyclic) bond motifs is 1. The lowest BCUT2D eigenvalue weighted by Gasteiger charge is -2.36. The zero-order chi connectivity index (χ0) is 24.2. The van der Waals surface area contributed by atoms with Crippen LogP contribution in [-0.2, 0) is 17.6 Å². The first-order valence-electron chi connectivity index (χ1n) is 11.3. The maximum Gasteiger partial charge on any atom is 0.341 e. The number of thiophene rings is 1. The third-order valence-electron chi connectivity index (χ3n) is 6.57. The van der Waals surface area contributed by atoms with Crippen LogP contribution in [0.1, 0.15) is 71.7 Å². The van der Waals surface area contributed by atoms with Crippen molar-refractivity contribution in [1.82, 2.24) is 5.32 Å². The molecule has 1 aliphatic carbocycles. The Morgan fingerprint density at radius 2 is 1.97 bits per heavy atom. The third-order valence-corrected chi connectivity index (χ3v) is 7.94. The molecule has 8 heteroatoms. The maximum atomic E-state index is 12.8. The second kappa shape index (κ2) is 10.7. The first-order chi connectivity index (χ1) is 15.7. The molecule has 3 rings (SSSR count). The van der Waals surface area contributed by atoms with Gasteiger partial charge in [-0.1, -0.05) is 39.3 Å². The van der Waals surface area contributed by atoms with Crippen molar-refractivity contribution < 1.29 is 19.1 Å². The molecule has 0 radical (unpaired) electrons. The van der Waals surface area contributed by atoms with Crippen LogP contribution in [0, 0.1) is 11.3 Å². The van der Waals surface area contributed by atoms with E-state index in [4.69, 9.17) is 21.7 Å². The molecule has 33 heavy (non-hydrogen) atoms. The van der Waals surface area contributed by atoms with Gasteiger partial charge >= 0.3 is 5.97 Å². The van der Waals surface area contributed by atoms with Gasteiger partial charge < -0.3 is 14.8 Å². The van der Waals surface area contributed by atoms with E-state index in [1.54, 1.807) is 31.2 Å². The van der Waals surface area contributed by atoms with Gasteiger partial charge in [-0.05, 0) is 67.4 Å². The Kier molecular flexibility index (Phi) is 8.13. The fourth-order valence-corrected chi connectivity index (χ4v) is 5.77. The number of methoxy groups -OCH3 is 1. The molecule has 0 bridgehead atoms. The summed E-state index contributed by atoms with van der Waals surface area (Å²) in [6.07, 6.45) is 3.89. The van der Waals surface area contributed by atoms with Crippen molar-refractivity contribution in [2.45, 2.75) is 53.4 Å². The summed E-state index contributed by atoms with van der Waals surface area (Å²) in [5.41, 5.74) is 2.20. The maximum absolute atomic E-state index is 12.8. The number of ether oxygens (including phenoxy) is 2. The summed E-state index contributed by atoms with van der Waals surface area (Å²) in [5.74, 6) is 0.271. The van der Waals surface area contributed by atoms with Gasteiger partial charge in [0.25, 0.3) is 5.91 Å². The Morgan fingerprint density at radius 1 is 1.24 bits per heavy atom. The van der Waals surface area contributed by atoms with E-state index in [1.165, 1.54) is 23.3 Å². The molecule has 6 nitrogen and oxygen atoms in total. The lowest BCUT2D eigenvalue weighted by atomic mass is 9.69. The zero-order valence-electron chi connectivity index (χ0n) is 19.9. The molecule has 1 atom stereocenters. The highest BCUT2D eigenvalue weighted by Crippen LogP contribution is 2.45. The number of rotatable bonds is 7. The third kappa shape index (κ3) is 5.55. The van der Waals surface area contributed by atoms with Gasteiger partial charge in [0.15, 0.2) is 5.11 Å². The smallest absolute Gasteiger partial charge is 0.341 e. The highest BCUT2D eigenvalue weighted by atomic mass is 32.1. The van der Waals surface area contributed by atoms with Crippen molar-refractivity contribution in [3.8, 4) is 5.75 Å². The highest BCUT2D eigenvalue weighted by molar-refractivity contribution is 7.80. The van der Waals surface area contributed by atoms with E-state index >= 15 is 0 Å². The molecular formula is C25H32N2O4S2. The molecule has 0 spiro atoms. The van der Waals surface area contributed by atoms with Gasteiger partial charge in [0.2, 0.25) is 0 Å². The van der Waals surface area contributed by atoms with Crippen molar-refractivity contribution in [3.63, 3.8) is 0 Å². The second-order valence-corrected chi connectivity index (χ2v) is 10.3. The van der Waals surface area contributed by atoms with Gasteiger partial charge in [-0.25, -0.2) is 4.79 Å². The molecule has 1 amide bonds. The number of hydrogen-bond acceptors (Lipinski definition) is 6. The summed E-state index contributed by atoms with van der Waals surface area (Å²) in [7, 11) is 1.51. The van der Waals surface area contributed by atoms with E-state index in [9.17, 15) is 9.59 Å². The van der Waals surface area contributed by atoms with Crippen molar-refractivity contribution in [2.75, 3.05) is 19.0 Å². The molecule has 0 aliphatic heterocycles. The van der Waals surface area contributed by atoms with Crippen molar-refractivity contribution in [1.29, 1.82) is 0 Å². The number of hydrogen-bond donors (Lipinski definition) is 2. The number of para-hydroxylation sites is 1. The van der Waals surface area contributed by atoms with E-state index in [2.05, 4.69) is 31.4 Å². The number of benzene rings is 1. The molecule has 1 heterocycles. The fourth-order valence-electron chi connectivity index (χ4n) is 4.19. The quantitative estimate of drug-likeness (QED) is 0.390. The highest BCUT2D eigenvalue weighted by Gasteiger charge is 2.35. The SMILES string of the molecule is CCOC(=O)c1c(NC(=S)NC(=O)c2ccccc2OC)sc2c1CC[C@@H](C(C)(C)CC)C2. The van der Waals surface area contributed by atoms with Gasteiger partial charge in [-0.2, -0.15) is 0 Å². The average molecular weight is 489 g/mol. The van der Waals surface area contributed by atoms with Crippen LogP contribution in [0.3, 0.4) is 0 Å². The van der Waals surface area contributed by atoms with Crippen LogP contribution in [0.5, 0.6) is 5.75 Å². The Balaban J connectivity index is 1.84. The van der Waals surface area contributed by atoms with Crippen LogP contribution in [0.15, 0.2) is 24.3 Å². The average Bonchev–Trinajstić information content (AvgIpc) is 3.15. The summed E-state index contributed by atoms with van der Waals surface area (Å²) in [5, 5.41) is 6.53. The molecule has 2 aromatic rings. The van der Waals surface area contributed by atoms with E-state index in [-0.39, 0.29) is 22.4 Å². The Hall–Kier alpha value is -2.45. The predicted octanol–water partition coefficient (Wildman–Crippen LogP) is 5.60.